The molecule has 3 heterocycles. The number of fused-ring (bicyclic) bond motifs is 2. The molecule has 0 unspecified atom stereocenters. The number of benzene rings is 2. The largest absolute Gasteiger partial charge is 0.376 e. The third-order valence-electron chi connectivity index (χ3n) is 5.40. The molecule has 0 aliphatic carbocycles. The molecular weight excluding hydrogens is 402 g/mol. The maximum absolute atomic E-state index is 13.3. The Morgan fingerprint density at radius 2 is 1.80 bits per heavy atom. The molecule has 8 heteroatoms. The minimum atomic E-state index is -0.440. The van der Waals surface area contributed by atoms with Gasteiger partial charge >= 0.3 is 0 Å². The van der Waals surface area contributed by atoms with Crippen molar-refractivity contribution in [3.8, 4) is 0 Å². The molecule has 0 bridgehead atoms. The second kappa shape index (κ2) is 7.62. The molecule has 1 aromatic heterocycles. The number of imide groups is 1. The number of carbonyl (C=O) groups excluding carboxylic acids is 3. The number of rotatable bonds is 5. The number of para-hydroxylation sites is 1. The molecule has 0 spiro atoms. The lowest BCUT2D eigenvalue weighted by molar-refractivity contribution is -0.119. The van der Waals surface area contributed by atoms with Crippen LogP contribution >= 0.6 is 11.3 Å². The zero-order chi connectivity index (χ0) is 20.7. The average molecular weight is 421 g/mol. The van der Waals surface area contributed by atoms with Gasteiger partial charge in [-0.25, -0.2) is 4.98 Å². The number of amides is 3. The van der Waals surface area contributed by atoms with Gasteiger partial charge in [-0.2, -0.15) is 0 Å². The van der Waals surface area contributed by atoms with Crippen LogP contribution < -0.4 is 4.90 Å². The maximum Gasteiger partial charge on any atom is 0.262 e. The second-order valence-corrected chi connectivity index (χ2v) is 8.35. The highest BCUT2D eigenvalue weighted by Gasteiger charge is 2.38. The number of ether oxygens (including phenoxy) is 1. The minimum absolute atomic E-state index is 0.0804. The summed E-state index contributed by atoms with van der Waals surface area (Å²) in [5.74, 6) is -1.23. The van der Waals surface area contributed by atoms with E-state index in [1.807, 2.05) is 24.3 Å². The maximum atomic E-state index is 13.3. The van der Waals surface area contributed by atoms with Gasteiger partial charge in [0.15, 0.2) is 5.13 Å². The van der Waals surface area contributed by atoms with Gasteiger partial charge in [-0.15, -0.1) is 0 Å². The van der Waals surface area contributed by atoms with Crippen molar-refractivity contribution in [1.29, 1.82) is 0 Å². The van der Waals surface area contributed by atoms with Gasteiger partial charge in [0, 0.05) is 6.61 Å². The summed E-state index contributed by atoms with van der Waals surface area (Å²) in [6.45, 7) is 0.696. The molecule has 152 valence electrons. The summed E-state index contributed by atoms with van der Waals surface area (Å²) in [5, 5.41) is 0.549. The average Bonchev–Trinajstić information content (AvgIpc) is 3.48. The smallest absolute Gasteiger partial charge is 0.262 e. The van der Waals surface area contributed by atoms with E-state index in [-0.39, 0.29) is 18.6 Å². The van der Waals surface area contributed by atoms with Crippen LogP contribution in [0.5, 0.6) is 0 Å². The van der Waals surface area contributed by atoms with Crippen LogP contribution in [0, 0.1) is 0 Å². The molecule has 0 saturated carbocycles. The monoisotopic (exact) mass is 421 g/mol. The van der Waals surface area contributed by atoms with Crippen LogP contribution in [0.1, 0.15) is 33.6 Å². The second-order valence-electron chi connectivity index (χ2n) is 7.35. The van der Waals surface area contributed by atoms with Crippen molar-refractivity contribution >= 4 is 44.4 Å². The zero-order valence-corrected chi connectivity index (χ0v) is 16.9. The Balaban J connectivity index is 1.43. The van der Waals surface area contributed by atoms with Gasteiger partial charge in [-0.05, 0) is 37.1 Å². The van der Waals surface area contributed by atoms with Gasteiger partial charge in [0.2, 0.25) is 5.91 Å². The van der Waals surface area contributed by atoms with Gasteiger partial charge in [0.1, 0.15) is 6.54 Å². The lowest BCUT2D eigenvalue weighted by Crippen LogP contribution is -2.45. The van der Waals surface area contributed by atoms with E-state index in [2.05, 4.69) is 4.98 Å². The van der Waals surface area contributed by atoms with Gasteiger partial charge in [-0.1, -0.05) is 35.6 Å². The molecule has 3 aromatic rings. The molecule has 1 fully saturated rings. The zero-order valence-electron chi connectivity index (χ0n) is 16.1. The number of anilines is 1. The van der Waals surface area contributed by atoms with Gasteiger partial charge in [0.25, 0.3) is 11.8 Å². The number of thiazole rings is 1. The van der Waals surface area contributed by atoms with E-state index in [1.165, 1.54) is 11.3 Å². The van der Waals surface area contributed by atoms with Crippen LogP contribution in [0.2, 0.25) is 0 Å². The molecule has 2 aliphatic heterocycles. The molecule has 1 atom stereocenters. The van der Waals surface area contributed by atoms with Crippen LogP contribution in [0.3, 0.4) is 0 Å². The van der Waals surface area contributed by atoms with Crippen molar-refractivity contribution in [3.63, 3.8) is 0 Å². The predicted molar refractivity (Wildman–Crippen MR) is 113 cm³/mol. The standard InChI is InChI=1S/C22H19N3O4S/c26-19(13-25-20(27)15-7-1-2-8-16(15)21(25)28)24(12-14-6-5-11-29-14)22-23-17-9-3-4-10-18(17)30-22/h1-4,7-10,14H,5-6,11-13H2/t14-/m0/s1. The molecular formula is C22H19N3O4S. The Bertz CT molecular complexity index is 1080. The third-order valence-corrected chi connectivity index (χ3v) is 6.46. The van der Waals surface area contributed by atoms with Gasteiger partial charge in [0.05, 0.1) is 34.0 Å². The Hall–Kier alpha value is -3.10. The van der Waals surface area contributed by atoms with E-state index in [0.717, 1.165) is 28.0 Å². The molecule has 3 amide bonds. The van der Waals surface area contributed by atoms with Crippen molar-refractivity contribution in [2.45, 2.75) is 18.9 Å². The quantitative estimate of drug-likeness (QED) is 0.592. The molecule has 30 heavy (non-hydrogen) atoms. The van der Waals surface area contributed by atoms with Gasteiger partial charge in [-0.3, -0.25) is 24.2 Å². The summed E-state index contributed by atoms with van der Waals surface area (Å²) in [6, 6.07) is 14.3. The topological polar surface area (TPSA) is 79.8 Å². The van der Waals surface area contributed by atoms with Crippen molar-refractivity contribution in [2.75, 3.05) is 24.6 Å². The molecule has 7 nitrogen and oxygen atoms in total. The molecule has 2 aromatic carbocycles. The number of aromatic nitrogens is 1. The molecule has 1 saturated heterocycles. The fourth-order valence-corrected chi connectivity index (χ4v) is 4.85. The van der Waals surface area contributed by atoms with Crippen molar-refractivity contribution in [1.82, 2.24) is 9.88 Å². The molecule has 2 aliphatic rings. The first-order chi connectivity index (χ1) is 14.6. The molecule has 5 rings (SSSR count). The van der Waals surface area contributed by atoms with E-state index in [0.29, 0.717) is 29.4 Å². The normalized spacial score (nSPS) is 18.3. The van der Waals surface area contributed by atoms with Crippen molar-refractivity contribution in [2.24, 2.45) is 0 Å². The fraction of sp³-hybridized carbons (Fsp3) is 0.273. The van der Waals surface area contributed by atoms with E-state index in [4.69, 9.17) is 4.74 Å². The Morgan fingerprint density at radius 3 is 2.47 bits per heavy atom. The van der Waals surface area contributed by atoms with Crippen LogP contribution in [0.15, 0.2) is 48.5 Å². The fourth-order valence-electron chi connectivity index (χ4n) is 3.86. The van der Waals surface area contributed by atoms with E-state index in [9.17, 15) is 14.4 Å². The lowest BCUT2D eigenvalue weighted by Gasteiger charge is -2.25. The summed E-state index contributed by atoms with van der Waals surface area (Å²) in [7, 11) is 0. The Kier molecular flexibility index (Phi) is 4.80. The Labute approximate surface area is 176 Å². The number of nitrogens with zero attached hydrogens (tertiary/aromatic N) is 3. The molecule has 0 radical (unpaired) electrons. The first-order valence-electron chi connectivity index (χ1n) is 9.84. The van der Waals surface area contributed by atoms with Crippen LogP contribution in [-0.4, -0.2) is 53.4 Å². The third kappa shape index (κ3) is 3.28. The summed E-state index contributed by atoms with van der Waals surface area (Å²) in [5.41, 5.74) is 1.48. The molecule has 0 N–H and O–H groups in total. The lowest BCUT2D eigenvalue weighted by atomic mass is 10.1. The van der Waals surface area contributed by atoms with Crippen molar-refractivity contribution < 1.29 is 19.1 Å². The predicted octanol–water partition coefficient (Wildman–Crippen LogP) is 3.10. The number of hydrogen-bond donors (Lipinski definition) is 0. The minimum Gasteiger partial charge on any atom is -0.376 e. The highest BCUT2D eigenvalue weighted by Crippen LogP contribution is 2.30. The first-order valence-corrected chi connectivity index (χ1v) is 10.7. The SMILES string of the molecule is O=C1c2ccccc2C(=O)N1CC(=O)N(C[C@@H]1CCCO1)c1nc2ccccc2s1. The summed E-state index contributed by atoms with van der Waals surface area (Å²) >= 11 is 1.41. The summed E-state index contributed by atoms with van der Waals surface area (Å²) in [6.07, 6.45) is 1.73. The van der Waals surface area contributed by atoms with E-state index < -0.39 is 11.8 Å². The van der Waals surface area contributed by atoms with E-state index in [1.54, 1.807) is 29.2 Å². The van der Waals surface area contributed by atoms with Gasteiger partial charge < -0.3 is 4.74 Å². The summed E-state index contributed by atoms with van der Waals surface area (Å²) in [4.78, 5) is 45.8. The summed E-state index contributed by atoms with van der Waals surface area (Å²) < 4.78 is 6.70. The van der Waals surface area contributed by atoms with Crippen molar-refractivity contribution in [3.05, 3.63) is 59.7 Å². The first kappa shape index (κ1) is 18.9. The number of hydrogen-bond acceptors (Lipinski definition) is 6. The van der Waals surface area contributed by atoms with Crippen LogP contribution in [-0.2, 0) is 9.53 Å². The van der Waals surface area contributed by atoms with E-state index >= 15 is 0 Å². The highest BCUT2D eigenvalue weighted by atomic mass is 32.1. The van der Waals surface area contributed by atoms with Crippen LogP contribution in [0.25, 0.3) is 10.2 Å². The van der Waals surface area contributed by atoms with Crippen LogP contribution in [0.4, 0.5) is 5.13 Å². The Morgan fingerprint density at radius 1 is 1.10 bits per heavy atom. The number of carbonyl (C=O) groups is 3. The highest BCUT2D eigenvalue weighted by molar-refractivity contribution is 7.22.